The molecule has 2 aliphatic rings. The first-order valence-electron chi connectivity index (χ1n) is 14.4. The van der Waals surface area contributed by atoms with Crippen LogP contribution in [0.5, 0.6) is 11.6 Å². The van der Waals surface area contributed by atoms with Crippen LogP contribution in [0.4, 0.5) is 16.0 Å². The molecule has 0 amide bonds. The van der Waals surface area contributed by atoms with Gasteiger partial charge >= 0.3 is 0 Å². The normalized spacial score (nSPS) is 17.2. The molecule has 0 spiro atoms. The van der Waals surface area contributed by atoms with Gasteiger partial charge in [0.25, 0.3) is 0 Å². The Hall–Kier alpha value is -4.62. The molecule has 0 radical (unpaired) electrons. The van der Waals surface area contributed by atoms with Crippen LogP contribution in [0, 0.1) is 5.82 Å². The summed E-state index contributed by atoms with van der Waals surface area (Å²) in [6, 6.07) is 8.59. The number of aryl methyl sites for hydroxylation is 1. The van der Waals surface area contributed by atoms with Gasteiger partial charge in [-0.05, 0) is 31.2 Å². The Morgan fingerprint density at radius 3 is 2.84 bits per heavy atom. The van der Waals surface area contributed by atoms with Gasteiger partial charge in [-0.15, -0.1) is 0 Å². The highest BCUT2D eigenvalue weighted by atomic mass is 19.1. The number of anilines is 2. The zero-order valence-corrected chi connectivity index (χ0v) is 24.0. The van der Waals surface area contributed by atoms with Crippen molar-refractivity contribution in [3.63, 3.8) is 0 Å². The number of morpholine rings is 1. The highest BCUT2D eigenvalue weighted by Gasteiger charge is 2.21. The van der Waals surface area contributed by atoms with Crippen LogP contribution in [0.25, 0.3) is 33.5 Å². The fraction of sp³-hybridized carbons (Fsp3) is 0.367. The molecule has 222 valence electrons. The molecular weight excluding hydrogens is 553 g/mol. The van der Waals surface area contributed by atoms with Gasteiger partial charge in [0.05, 0.1) is 37.6 Å². The molecule has 1 aromatic carbocycles. The standard InChI is InChI=1S/C30H32FN9O3/c1-19-6-11-43-30-22(18-34-38(30)2)29-32-7-5-26(36-29)35-27-16-24-21(17-33-27)28(37-40(19)24)20-3-4-23(31)25(15-20)42-14-10-39-8-12-41-13-9-39/h3-5,7,15-19H,6,8-14H2,1-2H3,(H,32,33,35,36)/t19-/m0/s1. The number of hydrogen-bond donors (Lipinski definition) is 1. The molecule has 2 aliphatic heterocycles. The summed E-state index contributed by atoms with van der Waals surface area (Å²) in [5.41, 5.74) is 3.03. The number of halogens is 1. The second-order valence-corrected chi connectivity index (χ2v) is 10.7. The fourth-order valence-corrected chi connectivity index (χ4v) is 5.41. The van der Waals surface area contributed by atoms with Crippen molar-refractivity contribution in [1.29, 1.82) is 0 Å². The van der Waals surface area contributed by atoms with E-state index in [1.807, 2.05) is 17.8 Å². The number of nitrogens with zero attached hydrogens (tertiary/aromatic N) is 8. The van der Waals surface area contributed by atoms with Gasteiger partial charge in [0, 0.05) is 62.5 Å². The van der Waals surface area contributed by atoms with Gasteiger partial charge in [0.1, 0.15) is 29.5 Å². The van der Waals surface area contributed by atoms with Gasteiger partial charge in [-0.1, -0.05) is 0 Å². The van der Waals surface area contributed by atoms with E-state index in [2.05, 4.69) is 37.2 Å². The lowest BCUT2D eigenvalue weighted by Crippen LogP contribution is -2.38. The van der Waals surface area contributed by atoms with E-state index in [1.165, 1.54) is 6.07 Å². The highest BCUT2D eigenvalue weighted by Crippen LogP contribution is 2.35. The van der Waals surface area contributed by atoms with E-state index in [0.29, 0.717) is 74.0 Å². The minimum atomic E-state index is -0.408. The molecule has 12 nitrogen and oxygen atoms in total. The van der Waals surface area contributed by atoms with Gasteiger partial charge < -0.3 is 19.5 Å². The van der Waals surface area contributed by atoms with Crippen LogP contribution in [-0.2, 0) is 11.8 Å². The molecular formula is C30H32FN9O3. The minimum Gasteiger partial charge on any atom is -0.489 e. The zero-order chi connectivity index (χ0) is 29.3. The van der Waals surface area contributed by atoms with E-state index in [9.17, 15) is 4.39 Å². The Bertz CT molecular complexity index is 1770. The van der Waals surface area contributed by atoms with Gasteiger partial charge in [0.15, 0.2) is 17.4 Å². The topological polar surface area (TPSA) is 117 Å². The third-order valence-electron chi connectivity index (χ3n) is 7.79. The second-order valence-electron chi connectivity index (χ2n) is 10.7. The predicted molar refractivity (Wildman–Crippen MR) is 158 cm³/mol. The molecule has 6 heterocycles. The second kappa shape index (κ2) is 11.6. The molecule has 0 saturated carbocycles. The predicted octanol–water partition coefficient (Wildman–Crippen LogP) is 4.23. The molecule has 7 rings (SSSR count). The lowest BCUT2D eigenvalue weighted by atomic mass is 10.1. The van der Waals surface area contributed by atoms with Crippen LogP contribution in [0.1, 0.15) is 19.4 Å². The quantitative estimate of drug-likeness (QED) is 0.321. The van der Waals surface area contributed by atoms with Crippen molar-refractivity contribution in [3.8, 4) is 34.3 Å². The first kappa shape index (κ1) is 27.2. The Balaban J connectivity index is 1.23. The first-order valence-corrected chi connectivity index (χ1v) is 14.4. The molecule has 5 aromatic rings. The smallest absolute Gasteiger partial charge is 0.222 e. The molecule has 1 N–H and O–H groups in total. The van der Waals surface area contributed by atoms with Crippen molar-refractivity contribution < 1.29 is 18.6 Å². The van der Waals surface area contributed by atoms with Crippen LogP contribution in [0.2, 0.25) is 0 Å². The lowest BCUT2D eigenvalue weighted by molar-refractivity contribution is 0.0320. The van der Waals surface area contributed by atoms with Crippen LogP contribution in [0.3, 0.4) is 0 Å². The largest absolute Gasteiger partial charge is 0.489 e. The maximum absolute atomic E-state index is 14.8. The molecule has 43 heavy (non-hydrogen) atoms. The summed E-state index contributed by atoms with van der Waals surface area (Å²) < 4.78 is 36.0. The SMILES string of the molecule is C[C@H]1CCOc2c(cnn2C)-c2nccc(n2)Nc2cc3c(cn2)c(-c2ccc(F)c(OCCN4CCOCC4)c2)nn31. The molecule has 0 unspecified atom stereocenters. The molecule has 1 saturated heterocycles. The maximum atomic E-state index is 14.8. The van der Waals surface area contributed by atoms with Crippen molar-refractivity contribution in [2.75, 3.05) is 51.4 Å². The summed E-state index contributed by atoms with van der Waals surface area (Å²) in [6.07, 6.45) is 5.85. The van der Waals surface area contributed by atoms with Crippen molar-refractivity contribution in [2.45, 2.75) is 19.4 Å². The molecule has 0 aliphatic carbocycles. The Labute approximate surface area is 247 Å². The fourth-order valence-electron chi connectivity index (χ4n) is 5.41. The monoisotopic (exact) mass is 585 g/mol. The Kier molecular flexibility index (Phi) is 7.33. The number of fused-ring (bicyclic) bond motifs is 5. The highest BCUT2D eigenvalue weighted by molar-refractivity contribution is 5.94. The molecule has 4 aromatic heterocycles. The van der Waals surface area contributed by atoms with Gasteiger partial charge in [-0.25, -0.2) is 24.0 Å². The van der Waals surface area contributed by atoms with Crippen LogP contribution >= 0.6 is 0 Å². The van der Waals surface area contributed by atoms with Gasteiger partial charge in [0.2, 0.25) is 5.88 Å². The molecule has 13 heteroatoms. The average molecular weight is 586 g/mol. The number of hydrogen-bond acceptors (Lipinski definition) is 10. The number of aromatic nitrogens is 7. The Morgan fingerprint density at radius 2 is 1.95 bits per heavy atom. The molecule has 4 bridgehead atoms. The summed E-state index contributed by atoms with van der Waals surface area (Å²) in [5.74, 6) is 2.09. The lowest BCUT2D eigenvalue weighted by Gasteiger charge is -2.26. The Morgan fingerprint density at radius 1 is 1.07 bits per heavy atom. The number of ether oxygens (including phenoxy) is 3. The third-order valence-corrected chi connectivity index (χ3v) is 7.79. The summed E-state index contributed by atoms with van der Waals surface area (Å²) in [7, 11) is 1.83. The van der Waals surface area contributed by atoms with E-state index in [-0.39, 0.29) is 11.8 Å². The minimum absolute atomic E-state index is 0.0233. The number of pyridine rings is 1. The van der Waals surface area contributed by atoms with Crippen molar-refractivity contribution in [2.24, 2.45) is 7.05 Å². The van der Waals surface area contributed by atoms with Crippen molar-refractivity contribution in [1.82, 2.24) is 39.4 Å². The summed E-state index contributed by atoms with van der Waals surface area (Å²) in [6.45, 7) is 6.73. The van der Waals surface area contributed by atoms with E-state index in [1.54, 1.807) is 41.5 Å². The first-order chi connectivity index (χ1) is 21.0. The zero-order valence-electron chi connectivity index (χ0n) is 24.0. The number of rotatable bonds is 5. The number of nitrogens with one attached hydrogen (secondary N) is 1. The number of benzene rings is 1. The van der Waals surface area contributed by atoms with E-state index in [4.69, 9.17) is 19.3 Å². The molecule has 1 fully saturated rings. The van der Waals surface area contributed by atoms with E-state index < -0.39 is 5.82 Å². The van der Waals surface area contributed by atoms with Gasteiger partial charge in [-0.2, -0.15) is 10.2 Å². The average Bonchev–Trinajstić information content (AvgIpc) is 3.58. The summed E-state index contributed by atoms with van der Waals surface area (Å²) in [4.78, 5) is 16.0. The third kappa shape index (κ3) is 5.48. The van der Waals surface area contributed by atoms with E-state index >= 15 is 0 Å². The van der Waals surface area contributed by atoms with Crippen LogP contribution in [-0.4, -0.2) is 85.5 Å². The summed E-state index contributed by atoms with van der Waals surface area (Å²) >= 11 is 0. The van der Waals surface area contributed by atoms with Gasteiger partial charge in [-0.3, -0.25) is 9.58 Å². The van der Waals surface area contributed by atoms with Crippen molar-refractivity contribution in [3.05, 3.63) is 54.7 Å². The molecule has 1 atom stereocenters. The van der Waals surface area contributed by atoms with Crippen LogP contribution in [0.15, 0.2) is 48.9 Å². The summed E-state index contributed by atoms with van der Waals surface area (Å²) in [5, 5.41) is 13.5. The van der Waals surface area contributed by atoms with Crippen LogP contribution < -0.4 is 14.8 Å². The maximum Gasteiger partial charge on any atom is 0.222 e. The van der Waals surface area contributed by atoms with E-state index in [0.717, 1.165) is 29.6 Å². The van der Waals surface area contributed by atoms with Crippen molar-refractivity contribution >= 4 is 22.5 Å².